The van der Waals surface area contributed by atoms with Crippen LogP contribution in [0.3, 0.4) is 0 Å². The fourth-order valence-electron chi connectivity index (χ4n) is 10.1. The van der Waals surface area contributed by atoms with Crippen molar-refractivity contribution < 1.29 is 37.1 Å². The van der Waals surface area contributed by atoms with Crippen LogP contribution in [-0.4, -0.2) is 71.4 Å². The van der Waals surface area contributed by atoms with Crippen LogP contribution in [-0.2, 0) is 40.4 Å². The lowest BCUT2D eigenvalue weighted by Gasteiger charge is -2.31. The number of aromatic nitrogens is 1. The molecular weight excluding hydrogens is 747 g/mol. The molecule has 3 heterocycles. The molecule has 13 heteroatoms. The average Bonchev–Trinajstić information content (AvgIpc) is 3.81. The number of hydrogen-bond acceptors (Lipinski definition) is 9. The maximum Gasteiger partial charge on any atom is 0.306 e. The van der Waals surface area contributed by atoms with Gasteiger partial charge in [0.05, 0.1) is 46.2 Å². The Morgan fingerprint density at radius 1 is 1.00 bits per heavy atom. The molecule has 7 atom stereocenters. The summed E-state index contributed by atoms with van der Waals surface area (Å²) in [6, 6.07) is 6.22. The zero-order chi connectivity index (χ0) is 40.1. The normalized spacial score (nSPS) is 32.3. The second-order valence-electron chi connectivity index (χ2n) is 17.8. The fraction of sp³-hybridized carbons (Fsp3) is 0.614. The number of benzene rings is 1. The summed E-state index contributed by atoms with van der Waals surface area (Å²) in [5.74, 6) is -2.50. The summed E-state index contributed by atoms with van der Waals surface area (Å²) in [6.07, 6.45) is 13.6. The van der Waals surface area contributed by atoms with Gasteiger partial charge in [-0.05, 0) is 107 Å². The molecule has 4 saturated carbocycles. The Kier molecular flexibility index (Phi) is 10.7. The molecule has 1 aromatic carbocycles. The number of rotatable bonds is 8. The number of pyridine rings is 1. The fourth-order valence-corrected chi connectivity index (χ4v) is 11.4. The molecule has 8 rings (SSSR count). The zero-order valence-electron chi connectivity index (χ0n) is 32.8. The molecular formula is C44H55N3O9S. The van der Waals surface area contributed by atoms with E-state index >= 15 is 0 Å². The van der Waals surface area contributed by atoms with Crippen molar-refractivity contribution in [2.45, 2.75) is 133 Å². The molecule has 1 aromatic heterocycles. The Morgan fingerprint density at radius 3 is 2.49 bits per heavy atom. The van der Waals surface area contributed by atoms with Crippen molar-refractivity contribution in [3.8, 4) is 5.88 Å². The summed E-state index contributed by atoms with van der Waals surface area (Å²) >= 11 is 0. The zero-order valence-corrected chi connectivity index (χ0v) is 33.7. The minimum absolute atomic E-state index is 0.0269. The van der Waals surface area contributed by atoms with Crippen molar-refractivity contribution in [3.63, 3.8) is 0 Å². The minimum atomic E-state index is -3.96. The van der Waals surface area contributed by atoms with Crippen molar-refractivity contribution in [1.29, 1.82) is 0 Å². The smallest absolute Gasteiger partial charge is 0.306 e. The van der Waals surface area contributed by atoms with E-state index in [1.54, 1.807) is 19.1 Å². The van der Waals surface area contributed by atoms with E-state index in [9.17, 15) is 32.4 Å². The van der Waals surface area contributed by atoms with Crippen LogP contribution in [0.5, 0.6) is 5.88 Å². The summed E-state index contributed by atoms with van der Waals surface area (Å²) in [5, 5.41) is 0.532. The molecule has 1 saturated heterocycles. The van der Waals surface area contributed by atoms with Gasteiger partial charge in [0.25, 0.3) is 0 Å². The molecule has 12 nitrogen and oxygen atoms in total. The first-order chi connectivity index (χ1) is 27.3. The van der Waals surface area contributed by atoms with E-state index in [2.05, 4.69) is 22.4 Å². The number of H-pyrrole nitrogens is 1. The highest BCUT2D eigenvalue weighted by atomic mass is 32.2. The van der Waals surface area contributed by atoms with Crippen LogP contribution in [0.4, 0.5) is 0 Å². The van der Waals surface area contributed by atoms with Crippen LogP contribution in [0.25, 0.3) is 10.9 Å². The summed E-state index contributed by atoms with van der Waals surface area (Å²) in [7, 11) is -3.96. The average molecular weight is 802 g/mol. The molecule has 0 radical (unpaired) electrons. The van der Waals surface area contributed by atoms with E-state index in [0.29, 0.717) is 35.7 Å². The van der Waals surface area contributed by atoms with Gasteiger partial charge >= 0.3 is 5.97 Å². The van der Waals surface area contributed by atoms with E-state index in [4.69, 9.17) is 9.47 Å². The van der Waals surface area contributed by atoms with Crippen LogP contribution in [0.1, 0.15) is 109 Å². The van der Waals surface area contributed by atoms with E-state index < -0.39 is 56.0 Å². The standard InChI is InChI=1S/C44H55N3O9S/c1-3-29-24-44(29,42(52)46-57(53,54)43(2)20-21-43)25-36(48)35-22-30-26-47(35)41(51)33(27-12-7-8-13-27)23-38(49)56-37-19-11-15-28(37)14-5-4-6-17-32-39(50)31-16-9-10-18-34(31)45-40(32)55-30/h3-4,6,9-10,16,18,27-30,33,35,37H,1,5,7-8,11-15,17,19-26H2,2H3,(H,45,50)(H,46,52)/b6-4+/t28-,29-,30-,33+,35+,37-,44-/m1/s1. The molecule has 57 heavy (non-hydrogen) atoms. The Bertz CT molecular complexity index is 2150. The number of sulfonamides is 1. The molecule has 2 aromatic rings. The Morgan fingerprint density at radius 2 is 1.75 bits per heavy atom. The number of nitrogens with one attached hydrogen (secondary N) is 2. The largest absolute Gasteiger partial charge is 0.473 e. The number of carbonyl (C=O) groups is 4. The van der Waals surface area contributed by atoms with E-state index in [-0.39, 0.29) is 73.2 Å². The van der Waals surface area contributed by atoms with Crippen molar-refractivity contribution >= 4 is 44.5 Å². The van der Waals surface area contributed by atoms with Crippen LogP contribution in [0.2, 0.25) is 0 Å². The molecule has 2 N–H and O–H groups in total. The molecule has 6 aliphatic rings. The number of Topliss-reactive ketones (excluding diaryl/α,β-unsaturated/α-hetero) is 1. The van der Waals surface area contributed by atoms with Gasteiger partial charge in [0.2, 0.25) is 21.8 Å². The molecule has 0 unspecified atom stereocenters. The summed E-state index contributed by atoms with van der Waals surface area (Å²) in [4.78, 5) is 76.0. The lowest BCUT2D eigenvalue weighted by atomic mass is 9.86. The van der Waals surface area contributed by atoms with Crippen molar-refractivity contribution in [2.24, 2.45) is 29.1 Å². The Balaban J connectivity index is 1.14. The van der Waals surface area contributed by atoms with Crippen LogP contribution >= 0.6 is 0 Å². The maximum atomic E-state index is 15.0. The maximum absolute atomic E-state index is 15.0. The first-order valence-corrected chi connectivity index (χ1v) is 22.5. The van der Waals surface area contributed by atoms with Gasteiger partial charge in [-0.3, -0.25) is 28.7 Å². The van der Waals surface area contributed by atoms with Gasteiger partial charge < -0.3 is 19.4 Å². The molecule has 4 aliphatic carbocycles. The van der Waals surface area contributed by atoms with Gasteiger partial charge in [-0.1, -0.05) is 43.2 Å². The predicted octanol–water partition coefficient (Wildman–Crippen LogP) is 5.83. The van der Waals surface area contributed by atoms with Gasteiger partial charge in [0.15, 0.2) is 17.1 Å². The van der Waals surface area contributed by atoms with Gasteiger partial charge in [0.1, 0.15) is 12.2 Å². The van der Waals surface area contributed by atoms with Gasteiger partial charge in [-0.15, -0.1) is 6.58 Å². The third kappa shape index (κ3) is 7.72. The number of amides is 2. The van der Waals surface area contributed by atoms with Gasteiger partial charge in [-0.25, -0.2) is 8.42 Å². The first kappa shape index (κ1) is 39.6. The molecule has 2 bridgehead atoms. The highest BCUT2D eigenvalue weighted by molar-refractivity contribution is 7.91. The van der Waals surface area contributed by atoms with E-state index in [1.807, 2.05) is 24.3 Å². The van der Waals surface area contributed by atoms with Gasteiger partial charge in [-0.2, -0.15) is 0 Å². The third-order valence-corrected chi connectivity index (χ3v) is 16.3. The lowest BCUT2D eigenvalue weighted by Crippen LogP contribution is -2.48. The second kappa shape index (κ2) is 15.5. The second-order valence-corrected chi connectivity index (χ2v) is 20.0. The number of esters is 1. The number of ether oxygens (including phenoxy) is 2. The number of fused-ring (bicyclic) bond motifs is 5. The lowest BCUT2D eigenvalue weighted by molar-refractivity contribution is -0.156. The predicted molar refractivity (Wildman–Crippen MR) is 214 cm³/mol. The summed E-state index contributed by atoms with van der Waals surface area (Å²) in [5.41, 5.74) is -0.422. The number of hydrogen-bond donors (Lipinski definition) is 2. The first-order valence-electron chi connectivity index (χ1n) is 21.0. The highest BCUT2D eigenvalue weighted by Gasteiger charge is 2.62. The number of ketones is 1. The molecule has 5 fully saturated rings. The van der Waals surface area contributed by atoms with Gasteiger partial charge in [0, 0.05) is 18.2 Å². The van der Waals surface area contributed by atoms with Crippen molar-refractivity contribution in [1.82, 2.24) is 14.6 Å². The van der Waals surface area contributed by atoms with Crippen LogP contribution < -0.4 is 14.9 Å². The highest BCUT2D eigenvalue weighted by Crippen LogP contribution is 2.57. The number of para-hydroxylation sites is 1. The SMILES string of the molecule is C=C[C@@H]1C[C@]1(CC(=O)[C@@H]1C[C@@H]2CN1C(=O)[C@H](C1CCCC1)CC(=O)O[C@@H]1CCC[C@H]1CC/C=C/Cc1c([nH]c3ccccc3c1=O)O2)C(=O)NS(=O)(=O)C1(C)CC1. The topological polar surface area (TPSA) is 169 Å². The van der Waals surface area contributed by atoms with Crippen LogP contribution in [0.15, 0.2) is 53.9 Å². The van der Waals surface area contributed by atoms with Crippen molar-refractivity contribution in [2.75, 3.05) is 6.54 Å². The molecule has 306 valence electrons. The minimum Gasteiger partial charge on any atom is -0.473 e. The Hall–Kier alpha value is -4.26. The number of allylic oxidation sites excluding steroid dienone is 3. The van der Waals surface area contributed by atoms with E-state index in [1.165, 1.54) is 4.90 Å². The number of aromatic amines is 1. The van der Waals surface area contributed by atoms with Crippen molar-refractivity contribution in [3.05, 3.63) is 64.9 Å². The number of carbonyl (C=O) groups excluding carboxylic acids is 4. The van der Waals surface area contributed by atoms with E-state index in [0.717, 1.165) is 57.8 Å². The third-order valence-electron chi connectivity index (χ3n) is 14.1. The summed E-state index contributed by atoms with van der Waals surface area (Å²) in [6.45, 7) is 5.49. The Labute approximate surface area is 334 Å². The quantitative estimate of drug-likeness (QED) is 0.247. The number of nitrogens with zero attached hydrogens (tertiary/aromatic N) is 1. The summed E-state index contributed by atoms with van der Waals surface area (Å²) < 4.78 is 40.3. The molecule has 2 aliphatic heterocycles. The van der Waals surface area contributed by atoms with Crippen LogP contribution in [0, 0.1) is 29.1 Å². The molecule has 0 spiro atoms. The molecule has 2 amide bonds. The monoisotopic (exact) mass is 801 g/mol.